The molecule has 0 bridgehead atoms. The van der Waals surface area contributed by atoms with Crippen LogP contribution in [0.1, 0.15) is 51.4 Å². The van der Waals surface area contributed by atoms with Crippen molar-refractivity contribution in [1.82, 2.24) is 10.2 Å². The minimum Gasteiger partial charge on any atom is -0.310 e. The third-order valence-electron chi connectivity index (χ3n) is 5.15. The van der Waals surface area contributed by atoms with E-state index in [1.165, 1.54) is 32.1 Å². The van der Waals surface area contributed by atoms with Crippen molar-refractivity contribution in [1.29, 1.82) is 0 Å². The van der Waals surface area contributed by atoms with E-state index in [1.807, 2.05) is 0 Å². The average Bonchev–Trinajstić information content (AvgIpc) is 3.20. The zero-order valence-corrected chi connectivity index (χ0v) is 12.0. The predicted octanol–water partition coefficient (Wildman–Crippen LogP) is 3.32. The lowest BCUT2D eigenvalue weighted by atomic mass is 9.77. The van der Waals surface area contributed by atoms with Crippen LogP contribution in [0.2, 0.25) is 0 Å². The maximum atomic E-state index is 12.7. The van der Waals surface area contributed by atoms with E-state index < -0.39 is 12.7 Å². The smallest absolute Gasteiger partial charge is 0.310 e. The molecule has 0 aromatic rings. The van der Waals surface area contributed by atoms with Crippen molar-refractivity contribution in [2.75, 3.05) is 13.1 Å². The zero-order valence-electron chi connectivity index (χ0n) is 12.0. The molecule has 1 saturated heterocycles. The Labute approximate surface area is 119 Å². The number of halogens is 3. The fraction of sp³-hybridized carbons (Fsp3) is 1.00. The summed E-state index contributed by atoms with van der Waals surface area (Å²) in [7, 11) is 0. The summed E-state index contributed by atoms with van der Waals surface area (Å²) >= 11 is 0. The van der Waals surface area contributed by atoms with Gasteiger partial charge in [-0.05, 0) is 44.4 Å². The van der Waals surface area contributed by atoms with E-state index in [1.54, 1.807) is 4.90 Å². The van der Waals surface area contributed by atoms with Crippen LogP contribution in [-0.2, 0) is 0 Å². The van der Waals surface area contributed by atoms with E-state index in [4.69, 9.17) is 0 Å². The molecular formula is C15H25F3N2. The molecule has 0 amide bonds. The van der Waals surface area contributed by atoms with Gasteiger partial charge in [0, 0.05) is 24.7 Å². The summed E-state index contributed by atoms with van der Waals surface area (Å²) in [6.45, 7) is -0.155. The van der Waals surface area contributed by atoms with Gasteiger partial charge in [0.25, 0.3) is 0 Å². The maximum Gasteiger partial charge on any atom is 0.401 e. The average molecular weight is 290 g/mol. The number of nitrogens with zero attached hydrogens (tertiary/aromatic N) is 1. The van der Waals surface area contributed by atoms with Gasteiger partial charge in [-0.25, -0.2) is 0 Å². The van der Waals surface area contributed by atoms with Crippen LogP contribution in [0.15, 0.2) is 0 Å². The van der Waals surface area contributed by atoms with Crippen molar-refractivity contribution in [3.63, 3.8) is 0 Å². The van der Waals surface area contributed by atoms with Crippen molar-refractivity contribution in [3.8, 4) is 0 Å². The zero-order chi connectivity index (χ0) is 14.2. The first kappa shape index (κ1) is 14.6. The normalized spacial score (nSPS) is 35.1. The standard InChI is InChI=1S/C15H25F3N2/c16-15(17,18)10-20(13-7-8-13)9-12-6-5-11-3-1-2-4-14(11)19-12/h11-14,19H,1-10H2. The molecule has 0 spiro atoms. The van der Waals surface area contributed by atoms with Crippen molar-refractivity contribution >= 4 is 0 Å². The minimum absolute atomic E-state index is 0.183. The SMILES string of the molecule is FC(F)(F)CN(CC1CCC2CCCCC2N1)C1CC1. The van der Waals surface area contributed by atoms with Gasteiger partial charge in [0.05, 0.1) is 6.54 Å². The van der Waals surface area contributed by atoms with E-state index in [0.29, 0.717) is 12.6 Å². The molecule has 3 atom stereocenters. The summed E-state index contributed by atoms with van der Waals surface area (Å²) in [5, 5.41) is 3.65. The van der Waals surface area contributed by atoms with Gasteiger partial charge in [-0.3, -0.25) is 4.90 Å². The number of hydrogen-bond acceptors (Lipinski definition) is 2. The van der Waals surface area contributed by atoms with Crippen LogP contribution in [0.5, 0.6) is 0 Å². The number of hydrogen-bond donors (Lipinski definition) is 1. The summed E-state index contributed by atoms with van der Waals surface area (Å²) in [4.78, 5) is 1.67. The molecule has 20 heavy (non-hydrogen) atoms. The highest BCUT2D eigenvalue weighted by molar-refractivity contribution is 4.93. The third-order valence-corrected chi connectivity index (χ3v) is 5.15. The first-order valence-corrected chi connectivity index (χ1v) is 8.08. The van der Waals surface area contributed by atoms with E-state index in [-0.39, 0.29) is 12.1 Å². The van der Waals surface area contributed by atoms with Crippen LogP contribution in [0, 0.1) is 5.92 Å². The molecule has 3 unspecified atom stereocenters. The summed E-state index contributed by atoms with van der Waals surface area (Å²) < 4.78 is 38.0. The van der Waals surface area contributed by atoms with Crippen molar-refractivity contribution < 1.29 is 13.2 Å². The highest BCUT2D eigenvalue weighted by atomic mass is 19.4. The van der Waals surface area contributed by atoms with Crippen molar-refractivity contribution in [3.05, 3.63) is 0 Å². The monoisotopic (exact) mass is 290 g/mol. The number of nitrogens with one attached hydrogen (secondary N) is 1. The van der Waals surface area contributed by atoms with Gasteiger partial charge in [0.2, 0.25) is 0 Å². The van der Waals surface area contributed by atoms with Gasteiger partial charge in [-0.15, -0.1) is 0 Å². The molecule has 2 aliphatic carbocycles. The van der Waals surface area contributed by atoms with Crippen LogP contribution in [0.4, 0.5) is 13.2 Å². The minimum atomic E-state index is -4.06. The molecular weight excluding hydrogens is 265 g/mol. The lowest BCUT2D eigenvalue weighted by Crippen LogP contribution is -2.54. The molecule has 5 heteroatoms. The second kappa shape index (κ2) is 5.84. The largest absolute Gasteiger partial charge is 0.401 e. The molecule has 3 aliphatic rings. The first-order valence-electron chi connectivity index (χ1n) is 8.08. The Morgan fingerprint density at radius 2 is 1.70 bits per heavy atom. The Morgan fingerprint density at radius 3 is 2.40 bits per heavy atom. The van der Waals surface area contributed by atoms with Gasteiger partial charge in [0.15, 0.2) is 0 Å². The molecule has 116 valence electrons. The van der Waals surface area contributed by atoms with E-state index in [2.05, 4.69) is 5.32 Å². The predicted molar refractivity (Wildman–Crippen MR) is 72.6 cm³/mol. The fourth-order valence-electron chi connectivity index (χ4n) is 4.01. The molecule has 2 saturated carbocycles. The second-order valence-electron chi connectivity index (χ2n) is 6.87. The Balaban J connectivity index is 1.53. The molecule has 0 aromatic carbocycles. The molecule has 1 aliphatic heterocycles. The molecule has 0 radical (unpaired) electrons. The summed E-state index contributed by atoms with van der Waals surface area (Å²) in [5.41, 5.74) is 0. The summed E-state index contributed by atoms with van der Waals surface area (Å²) in [5.74, 6) is 0.775. The van der Waals surface area contributed by atoms with Crippen LogP contribution < -0.4 is 5.32 Å². The highest BCUT2D eigenvalue weighted by Gasteiger charge is 2.40. The number of alkyl halides is 3. The Hall–Kier alpha value is -0.290. The Kier molecular flexibility index (Phi) is 4.27. The van der Waals surface area contributed by atoms with Gasteiger partial charge in [-0.2, -0.15) is 13.2 Å². The Bertz CT molecular complexity index is 328. The summed E-state index contributed by atoms with van der Waals surface area (Å²) in [6.07, 6.45) is 5.18. The van der Waals surface area contributed by atoms with Gasteiger partial charge < -0.3 is 5.32 Å². The van der Waals surface area contributed by atoms with Crippen molar-refractivity contribution in [2.45, 2.75) is 75.7 Å². The fourth-order valence-corrected chi connectivity index (χ4v) is 4.01. The van der Waals surface area contributed by atoms with Gasteiger partial charge in [0.1, 0.15) is 0 Å². The van der Waals surface area contributed by atoms with E-state index in [0.717, 1.165) is 25.2 Å². The molecule has 1 N–H and O–H groups in total. The lowest BCUT2D eigenvalue weighted by Gasteiger charge is -2.42. The second-order valence-corrected chi connectivity index (χ2v) is 6.87. The van der Waals surface area contributed by atoms with Crippen LogP contribution in [0.3, 0.4) is 0 Å². The Morgan fingerprint density at radius 1 is 0.950 bits per heavy atom. The third kappa shape index (κ3) is 3.88. The topological polar surface area (TPSA) is 15.3 Å². The number of piperidine rings is 1. The molecule has 1 heterocycles. The maximum absolute atomic E-state index is 12.7. The molecule has 0 aromatic heterocycles. The molecule has 2 nitrogen and oxygen atoms in total. The highest BCUT2D eigenvalue weighted by Crippen LogP contribution is 2.34. The van der Waals surface area contributed by atoms with E-state index >= 15 is 0 Å². The lowest BCUT2D eigenvalue weighted by molar-refractivity contribution is -0.148. The molecule has 3 fully saturated rings. The van der Waals surface area contributed by atoms with Crippen LogP contribution >= 0.6 is 0 Å². The number of fused-ring (bicyclic) bond motifs is 1. The first-order chi connectivity index (χ1) is 9.51. The number of rotatable bonds is 4. The van der Waals surface area contributed by atoms with Gasteiger partial charge in [-0.1, -0.05) is 12.8 Å². The van der Waals surface area contributed by atoms with Gasteiger partial charge >= 0.3 is 6.18 Å². The quantitative estimate of drug-likeness (QED) is 0.854. The van der Waals surface area contributed by atoms with E-state index in [9.17, 15) is 13.2 Å². The van der Waals surface area contributed by atoms with Crippen LogP contribution in [-0.4, -0.2) is 42.3 Å². The summed E-state index contributed by atoms with van der Waals surface area (Å²) in [6, 6.07) is 1.01. The van der Waals surface area contributed by atoms with Crippen LogP contribution in [0.25, 0.3) is 0 Å². The molecule has 3 rings (SSSR count). The van der Waals surface area contributed by atoms with Crippen molar-refractivity contribution in [2.24, 2.45) is 5.92 Å².